The highest BCUT2D eigenvalue weighted by Crippen LogP contribution is 2.37. The summed E-state index contributed by atoms with van der Waals surface area (Å²) < 4.78 is 11.1. The number of rotatable bonds is 7. The molecule has 1 aliphatic rings. The topological polar surface area (TPSA) is 84.6 Å². The van der Waals surface area contributed by atoms with Crippen molar-refractivity contribution in [1.82, 2.24) is 20.0 Å². The highest BCUT2D eigenvalue weighted by Gasteiger charge is 2.32. The minimum atomic E-state index is -0.143. The van der Waals surface area contributed by atoms with Gasteiger partial charge in [-0.3, -0.25) is 4.79 Å². The second kappa shape index (κ2) is 10.0. The van der Waals surface area contributed by atoms with Gasteiger partial charge in [0.1, 0.15) is 5.75 Å². The highest BCUT2D eigenvalue weighted by molar-refractivity contribution is 5.80. The van der Waals surface area contributed by atoms with Crippen molar-refractivity contribution in [3.63, 3.8) is 0 Å². The molecule has 8 heteroatoms. The zero-order valence-electron chi connectivity index (χ0n) is 19.7. The average Bonchev–Trinajstić information content (AvgIpc) is 3.26. The van der Waals surface area contributed by atoms with Crippen molar-refractivity contribution in [2.75, 3.05) is 32.1 Å². The normalized spacial score (nSPS) is 16.0. The van der Waals surface area contributed by atoms with Gasteiger partial charge in [0, 0.05) is 32.9 Å². The van der Waals surface area contributed by atoms with Gasteiger partial charge in [-0.25, -0.2) is 9.97 Å². The first-order valence-electron chi connectivity index (χ1n) is 11.5. The maximum atomic E-state index is 13.4. The number of carbonyl (C=O) groups is 1. The number of anilines is 1. The zero-order chi connectivity index (χ0) is 23.4. The fourth-order valence-corrected chi connectivity index (χ4v) is 4.20. The van der Waals surface area contributed by atoms with Gasteiger partial charge < -0.3 is 19.1 Å². The number of carbonyl (C=O) groups excluding carboxylic acids is 1. The molecule has 174 valence electrons. The Hall–Kier alpha value is -3.42. The molecule has 3 heterocycles. The number of nitrogens with zero attached hydrogens (tertiary/aromatic N) is 5. The van der Waals surface area contributed by atoms with Crippen molar-refractivity contribution >= 4 is 11.9 Å². The molecule has 1 fully saturated rings. The van der Waals surface area contributed by atoms with E-state index in [1.165, 1.54) is 0 Å². The van der Waals surface area contributed by atoms with Crippen molar-refractivity contribution in [2.24, 2.45) is 0 Å². The van der Waals surface area contributed by atoms with E-state index in [1.54, 1.807) is 6.20 Å². The van der Waals surface area contributed by atoms with Crippen LogP contribution in [0.2, 0.25) is 0 Å². The summed E-state index contributed by atoms with van der Waals surface area (Å²) in [7, 11) is 3.82. The molecule has 1 amide bonds. The first-order chi connectivity index (χ1) is 16.0. The Morgan fingerprint density at radius 3 is 2.70 bits per heavy atom. The first kappa shape index (κ1) is 22.8. The molecule has 0 unspecified atom stereocenters. The van der Waals surface area contributed by atoms with Gasteiger partial charge in [-0.1, -0.05) is 17.3 Å². The van der Waals surface area contributed by atoms with Gasteiger partial charge in [-0.05, 0) is 50.8 Å². The lowest BCUT2D eigenvalue weighted by Gasteiger charge is -2.36. The van der Waals surface area contributed by atoms with Gasteiger partial charge in [-0.15, -0.1) is 0 Å². The molecular formula is C25H31N5O3. The van der Waals surface area contributed by atoms with Gasteiger partial charge in [0.15, 0.2) is 5.76 Å². The predicted molar refractivity (Wildman–Crippen MR) is 126 cm³/mol. The molecule has 1 saturated heterocycles. The summed E-state index contributed by atoms with van der Waals surface area (Å²) in [6, 6.07) is 9.48. The SMILES string of the molecule is CCOc1ccc(CC(=O)N2CCCC[C@H]2c2nc(N(C)C)ncc2-c2cc(C)no2)cc1. The fourth-order valence-electron chi connectivity index (χ4n) is 4.20. The Morgan fingerprint density at radius 2 is 2.03 bits per heavy atom. The molecule has 1 aliphatic heterocycles. The number of hydrogen-bond acceptors (Lipinski definition) is 7. The third-order valence-corrected chi connectivity index (χ3v) is 5.83. The number of aromatic nitrogens is 3. The molecule has 1 aromatic carbocycles. The monoisotopic (exact) mass is 449 g/mol. The van der Waals surface area contributed by atoms with Crippen LogP contribution < -0.4 is 9.64 Å². The molecule has 0 radical (unpaired) electrons. The van der Waals surface area contributed by atoms with Gasteiger partial charge >= 0.3 is 0 Å². The van der Waals surface area contributed by atoms with Crippen molar-refractivity contribution in [2.45, 2.75) is 45.6 Å². The Morgan fingerprint density at radius 1 is 1.24 bits per heavy atom. The molecule has 0 N–H and O–H groups in total. The second-order valence-electron chi connectivity index (χ2n) is 8.55. The Bertz CT molecular complexity index is 1090. The van der Waals surface area contributed by atoms with Crippen LogP contribution in [-0.2, 0) is 11.2 Å². The number of likely N-dealkylation sites (tertiary alicyclic amines) is 1. The Kier molecular flexibility index (Phi) is 6.91. The van der Waals surface area contributed by atoms with E-state index < -0.39 is 0 Å². The van der Waals surface area contributed by atoms with Crippen molar-refractivity contribution < 1.29 is 14.1 Å². The predicted octanol–water partition coefficient (Wildman–Crippen LogP) is 4.20. The van der Waals surface area contributed by atoms with Crippen LogP contribution in [0.5, 0.6) is 5.75 Å². The molecule has 0 saturated carbocycles. The maximum absolute atomic E-state index is 13.4. The number of hydrogen-bond donors (Lipinski definition) is 0. The largest absolute Gasteiger partial charge is 0.494 e. The third kappa shape index (κ3) is 5.16. The fraction of sp³-hybridized carbons (Fsp3) is 0.440. The molecule has 1 atom stereocenters. The molecular weight excluding hydrogens is 418 g/mol. The minimum absolute atomic E-state index is 0.0913. The molecule has 4 rings (SSSR count). The number of ether oxygens (including phenoxy) is 1. The van der Waals surface area contributed by atoms with Crippen LogP contribution in [0.1, 0.15) is 49.2 Å². The van der Waals surface area contributed by atoms with Gasteiger partial charge in [-0.2, -0.15) is 0 Å². The van der Waals surface area contributed by atoms with Gasteiger partial charge in [0.05, 0.1) is 36.0 Å². The van der Waals surface area contributed by atoms with Crippen LogP contribution in [0.3, 0.4) is 0 Å². The Balaban J connectivity index is 1.64. The van der Waals surface area contributed by atoms with E-state index in [0.717, 1.165) is 47.5 Å². The lowest BCUT2D eigenvalue weighted by atomic mass is 9.94. The molecule has 8 nitrogen and oxygen atoms in total. The quantitative estimate of drug-likeness (QED) is 0.534. The second-order valence-corrected chi connectivity index (χ2v) is 8.55. The smallest absolute Gasteiger partial charge is 0.227 e. The van der Waals surface area contributed by atoms with E-state index in [-0.39, 0.29) is 11.9 Å². The number of piperidine rings is 1. The molecule has 3 aromatic rings. The van der Waals surface area contributed by atoms with Crippen molar-refractivity contribution in [3.05, 3.63) is 53.5 Å². The van der Waals surface area contributed by atoms with Crippen LogP contribution in [0.15, 0.2) is 41.1 Å². The van der Waals surface area contributed by atoms with Crippen LogP contribution in [0, 0.1) is 6.92 Å². The standard InChI is InChI=1S/C25H31N5O3/c1-5-32-19-11-9-18(10-12-19)15-23(31)30-13-7-6-8-21(30)24-20(22-14-17(2)28-33-22)16-26-25(27-24)29(3)4/h9-12,14,16,21H,5-8,13,15H2,1-4H3/t21-/m0/s1. The summed E-state index contributed by atoms with van der Waals surface area (Å²) in [5, 5.41) is 4.04. The summed E-state index contributed by atoms with van der Waals surface area (Å²) in [5.74, 6) is 2.13. The first-order valence-corrected chi connectivity index (χ1v) is 11.5. The van der Waals surface area contributed by atoms with E-state index in [2.05, 4.69) is 10.1 Å². The molecule has 33 heavy (non-hydrogen) atoms. The van der Waals surface area contributed by atoms with Crippen molar-refractivity contribution in [3.8, 4) is 17.1 Å². The van der Waals surface area contributed by atoms with Crippen LogP contribution >= 0.6 is 0 Å². The third-order valence-electron chi connectivity index (χ3n) is 5.83. The summed E-state index contributed by atoms with van der Waals surface area (Å²) in [6.07, 6.45) is 4.98. The van der Waals surface area contributed by atoms with E-state index >= 15 is 0 Å². The maximum Gasteiger partial charge on any atom is 0.227 e. The van der Waals surface area contributed by atoms with E-state index in [0.29, 0.717) is 31.3 Å². The van der Waals surface area contributed by atoms with Crippen molar-refractivity contribution in [1.29, 1.82) is 0 Å². The summed E-state index contributed by atoms with van der Waals surface area (Å²) in [5.41, 5.74) is 3.35. The van der Waals surface area contributed by atoms with Gasteiger partial charge in [0.2, 0.25) is 11.9 Å². The zero-order valence-corrected chi connectivity index (χ0v) is 19.7. The van der Waals surface area contributed by atoms with Crippen LogP contribution in [-0.4, -0.2) is 53.2 Å². The molecule has 0 aliphatic carbocycles. The molecule has 0 spiro atoms. The lowest BCUT2D eigenvalue weighted by Crippen LogP contribution is -2.40. The minimum Gasteiger partial charge on any atom is -0.494 e. The highest BCUT2D eigenvalue weighted by atomic mass is 16.5. The lowest BCUT2D eigenvalue weighted by molar-refractivity contribution is -0.134. The molecule has 0 bridgehead atoms. The van der Waals surface area contributed by atoms with Crippen LogP contribution in [0.25, 0.3) is 11.3 Å². The summed E-state index contributed by atoms with van der Waals surface area (Å²) in [4.78, 5) is 26.6. The number of aryl methyl sites for hydroxylation is 1. The number of benzene rings is 1. The summed E-state index contributed by atoms with van der Waals surface area (Å²) in [6.45, 7) is 5.16. The van der Waals surface area contributed by atoms with E-state index in [1.807, 2.05) is 68.1 Å². The Labute approximate surface area is 194 Å². The van der Waals surface area contributed by atoms with E-state index in [4.69, 9.17) is 14.2 Å². The van der Waals surface area contributed by atoms with E-state index in [9.17, 15) is 4.79 Å². The average molecular weight is 450 g/mol. The summed E-state index contributed by atoms with van der Waals surface area (Å²) >= 11 is 0. The van der Waals surface area contributed by atoms with Crippen LogP contribution in [0.4, 0.5) is 5.95 Å². The number of amides is 1. The van der Waals surface area contributed by atoms with Gasteiger partial charge in [0.25, 0.3) is 0 Å². The molecule has 2 aromatic heterocycles.